The molecule has 0 bridgehead atoms. The summed E-state index contributed by atoms with van der Waals surface area (Å²) in [5, 5.41) is 4.48. The first-order chi connectivity index (χ1) is 9.19. The van der Waals surface area contributed by atoms with Crippen molar-refractivity contribution < 1.29 is 4.74 Å². The van der Waals surface area contributed by atoms with Crippen LogP contribution in [0, 0.1) is 11.8 Å². The summed E-state index contributed by atoms with van der Waals surface area (Å²) in [6, 6.07) is 4.70. The van der Waals surface area contributed by atoms with E-state index in [2.05, 4.69) is 31.3 Å². The SMILES string of the molecule is CCNC(Cc1cc(Cl)cc2c1OCC2)C1CC1C. The molecular weight excluding hydrogens is 258 g/mol. The Morgan fingerprint density at radius 3 is 2.95 bits per heavy atom. The fraction of sp³-hybridized carbons (Fsp3) is 0.625. The van der Waals surface area contributed by atoms with Crippen LogP contribution in [-0.2, 0) is 12.8 Å². The van der Waals surface area contributed by atoms with Crippen molar-refractivity contribution in [2.24, 2.45) is 11.8 Å². The fourth-order valence-electron chi connectivity index (χ4n) is 3.28. The van der Waals surface area contributed by atoms with E-state index in [0.29, 0.717) is 6.04 Å². The molecule has 0 aromatic heterocycles. The first-order valence-electron chi connectivity index (χ1n) is 7.36. The Bertz CT molecular complexity index is 474. The monoisotopic (exact) mass is 279 g/mol. The summed E-state index contributed by atoms with van der Waals surface area (Å²) in [6.45, 7) is 6.35. The number of hydrogen-bond donors (Lipinski definition) is 1. The number of benzene rings is 1. The van der Waals surface area contributed by atoms with Crippen LogP contribution in [0.25, 0.3) is 0 Å². The quantitative estimate of drug-likeness (QED) is 0.891. The fourth-order valence-corrected chi connectivity index (χ4v) is 3.55. The third-order valence-corrected chi connectivity index (χ3v) is 4.64. The summed E-state index contributed by atoms with van der Waals surface area (Å²) >= 11 is 6.24. The summed E-state index contributed by atoms with van der Waals surface area (Å²) in [7, 11) is 0. The van der Waals surface area contributed by atoms with Crippen molar-refractivity contribution in [2.75, 3.05) is 13.2 Å². The van der Waals surface area contributed by atoms with E-state index in [4.69, 9.17) is 16.3 Å². The van der Waals surface area contributed by atoms with E-state index in [1.807, 2.05) is 0 Å². The summed E-state index contributed by atoms with van der Waals surface area (Å²) in [5.74, 6) is 2.77. The zero-order chi connectivity index (χ0) is 13.4. The lowest BCUT2D eigenvalue weighted by Gasteiger charge is -2.19. The highest BCUT2D eigenvalue weighted by molar-refractivity contribution is 6.30. The summed E-state index contributed by atoms with van der Waals surface area (Å²) in [4.78, 5) is 0. The minimum Gasteiger partial charge on any atom is -0.493 e. The van der Waals surface area contributed by atoms with Gasteiger partial charge in [0.1, 0.15) is 5.75 Å². The number of fused-ring (bicyclic) bond motifs is 1. The van der Waals surface area contributed by atoms with Gasteiger partial charge in [0.25, 0.3) is 0 Å². The van der Waals surface area contributed by atoms with Gasteiger partial charge in [-0.25, -0.2) is 0 Å². The lowest BCUT2D eigenvalue weighted by Crippen LogP contribution is -2.33. The van der Waals surface area contributed by atoms with Crippen LogP contribution in [0.1, 0.15) is 31.4 Å². The molecule has 2 aliphatic rings. The summed E-state index contributed by atoms with van der Waals surface area (Å²) in [5.41, 5.74) is 2.56. The largest absolute Gasteiger partial charge is 0.493 e. The van der Waals surface area contributed by atoms with Crippen LogP contribution in [0.5, 0.6) is 5.75 Å². The first kappa shape index (κ1) is 13.3. The van der Waals surface area contributed by atoms with Crippen molar-refractivity contribution in [3.8, 4) is 5.75 Å². The normalized spacial score (nSPS) is 25.8. The molecule has 1 aliphatic heterocycles. The lowest BCUT2D eigenvalue weighted by molar-refractivity contribution is 0.349. The average Bonchev–Trinajstić information content (AvgIpc) is 2.90. The van der Waals surface area contributed by atoms with Crippen LogP contribution in [0.4, 0.5) is 0 Å². The molecule has 3 heteroatoms. The zero-order valence-corrected chi connectivity index (χ0v) is 12.5. The minimum atomic E-state index is 0.562. The smallest absolute Gasteiger partial charge is 0.125 e. The van der Waals surface area contributed by atoms with Crippen LogP contribution in [0.3, 0.4) is 0 Å². The van der Waals surface area contributed by atoms with Crippen molar-refractivity contribution in [3.05, 3.63) is 28.3 Å². The first-order valence-corrected chi connectivity index (χ1v) is 7.74. The molecule has 3 rings (SSSR count). The number of halogens is 1. The van der Waals surface area contributed by atoms with Gasteiger partial charge in [0.15, 0.2) is 0 Å². The van der Waals surface area contributed by atoms with Crippen molar-refractivity contribution >= 4 is 11.6 Å². The molecule has 1 aliphatic carbocycles. The Kier molecular flexibility index (Phi) is 3.72. The van der Waals surface area contributed by atoms with E-state index in [0.717, 1.165) is 48.6 Å². The van der Waals surface area contributed by atoms with Crippen LogP contribution >= 0.6 is 11.6 Å². The molecule has 2 nitrogen and oxygen atoms in total. The maximum absolute atomic E-state index is 6.24. The van der Waals surface area contributed by atoms with Crippen LogP contribution in [-0.4, -0.2) is 19.2 Å². The van der Waals surface area contributed by atoms with Crippen molar-refractivity contribution in [3.63, 3.8) is 0 Å². The third-order valence-electron chi connectivity index (χ3n) is 4.42. The molecule has 19 heavy (non-hydrogen) atoms. The molecule has 1 heterocycles. The predicted molar refractivity (Wildman–Crippen MR) is 79.1 cm³/mol. The van der Waals surface area contributed by atoms with E-state index in [1.54, 1.807) is 0 Å². The second kappa shape index (κ2) is 5.34. The van der Waals surface area contributed by atoms with Gasteiger partial charge >= 0.3 is 0 Å². The van der Waals surface area contributed by atoms with Gasteiger partial charge in [0, 0.05) is 17.5 Å². The molecule has 3 unspecified atom stereocenters. The van der Waals surface area contributed by atoms with Gasteiger partial charge in [-0.05, 0) is 54.5 Å². The standard InChI is InChI=1S/C16H22ClNO/c1-3-18-15(14-6-10(14)2)9-12-8-13(17)7-11-4-5-19-16(11)12/h7-8,10,14-15,18H,3-6,9H2,1-2H3. The van der Waals surface area contributed by atoms with Crippen LogP contribution in [0.15, 0.2) is 12.1 Å². The van der Waals surface area contributed by atoms with Crippen molar-refractivity contribution in [1.82, 2.24) is 5.32 Å². The Morgan fingerprint density at radius 2 is 2.26 bits per heavy atom. The zero-order valence-electron chi connectivity index (χ0n) is 11.7. The molecule has 1 saturated carbocycles. The molecule has 104 valence electrons. The maximum Gasteiger partial charge on any atom is 0.125 e. The molecule has 1 aromatic carbocycles. The average molecular weight is 280 g/mol. The van der Waals surface area contributed by atoms with Gasteiger partial charge in [0.05, 0.1) is 6.61 Å². The van der Waals surface area contributed by atoms with E-state index in [-0.39, 0.29) is 0 Å². The Morgan fingerprint density at radius 1 is 1.47 bits per heavy atom. The summed E-state index contributed by atoms with van der Waals surface area (Å²) in [6.07, 6.45) is 3.38. The van der Waals surface area contributed by atoms with Crippen molar-refractivity contribution in [2.45, 2.75) is 39.2 Å². The highest BCUT2D eigenvalue weighted by Gasteiger charge is 2.39. The van der Waals surface area contributed by atoms with E-state index < -0.39 is 0 Å². The van der Waals surface area contributed by atoms with E-state index >= 15 is 0 Å². The molecule has 0 radical (unpaired) electrons. The van der Waals surface area contributed by atoms with Gasteiger partial charge in [-0.2, -0.15) is 0 Å². The maximum atomic E-state index is 6.24. The number of rotatable bonds is 5. The van der Waals surface area contributed by atoms with Crippen molar-refractivity contribution in [1.29, 1.82) is 0 Å². The van der Waals surface area contributed by atoms with Gasteiger partial charge in [-0.3, -0.25) is 0 Å². The van der Waals surface area contributed by atoms with E-state index in [9.17, 15) is 0 Å². The van der Waals surface area contributed by atoms with E-state index in [1.165, 1.54) is 17.5 Å². The van der Waals surface area contributed by atoms with Gasteiger partial charge in [-0.1, -0.05) is 25.4 Å². The van der Waals surface area contributed by atoms with Crippen LogP contribution < -0.4 is 10.1 Å². The number of likely N-dealkylation sites (N-methyl/N-ethyl adjacent to an activating group) is 1. The van der Waals surface area contributed by atoms with Crippen LogP contribution in [0.2, 0.25) is 5.02 Å². The predicted octanol–water partition coefficient (Wildman–Crippen LogP) is 3.45. The molecule has 0 saturated heterocycles. The molecule has 0 spiro atoms. The minimum absolute atomic E-state index is 0.562. The van der Waals surface area contributed by atoms with Gasteiger partial charge in [0.2, 0.25) is 0 Å². The topological polar surface area (TPSA) is 21.3 Å². The number of hydrogen-bond acceptors (Lipinski definition) is 2. The molecular formula is C16H22ClNO. The highest BCUT2D eigenvalue weighted by atomic mass is 35.5. The number of nitrogens with one attached hydrogen (secondary N) is 1. The Balaban J connectivity index is 1.81. The Hall–Kier alpha value is -0.730. The summed E-state index contributed by atoms with van der Waals surface area (Å²) < 4.78 is 5.80. The molecule has 1 fully saturated rings. The number of ether oxygens (including phenoxy) is 1. The Labute approximate surface area is 120 Å². The van der Waals surface area contributed by atoms with Gasteiger partial charge in [-0.15, -0.1) is 0 Å². The third kappa shape index (κ3) is 2.75. The molecule has 1 aromatic rings. The molecule has 0 amide bonds. The molecule has 3 atom stereocenters. The highest BCUT2D eigenvalue weighted by Crippen LogP contribution is 2.43. The lowest BCUT2D eigenvalue weighted by atomic mass is 9.98. The second-order valence-corrected chi connectivity index (χ2v) is 6.33. The molecule has 1 N–H and O–H groups in total. The second-order valence-electron chi connectivity index (χ2n) is 5.90. The van der Waals surface area contributed by atoms with Gasteiger partial charge < -0.3 is 10.1 Å².